The molecule has 0 aliphatic carbocycles. The van der Waals surface area contributed by atoms with Gasteiger partial charge in [0.2, 0.25) is 0 Å². The number of hydrogen-bond donors (Lipinski definition) is 0. The minimum absolute atomic E-state index is 0.259. The Hall–Kier alpha value is -3.67. The Balaban J connectivity index is 1.57. The van der Waals surface area contributed by atoms with Gasteiger partial charge in [0.15, 0.2) is 6.61 Å². The number of nitrogens with zero attached hydrogens (tertiary/aromatic N) is 3. The summed E-state index contributed by atoms with van der Waals surface area (Å²) in [5, 5.41) is 4.55. The molecule has 2 aromatic carbocycles. The van der Waals surface area contributed by atoms with Crippen LogP contribution in [0.2, 0.25) is 0 Å². The van der Waals surface area contributed by atoms with Gasteiger partial charge < -0.3 is 9.64 Å². The molecule has 0 unspecified atom stereocenters. The van der Waals surface area contributed by atoms with E-state index >= 15 is 0 Å². The third-order valence-electron chi connectivity index (χ3n) is 4.76. The molecule has 0 saturated heterocycles. The Morgan fingerprint density at radius 1 is 1.03 bits per heavy atom. The van der Waals surface area contributed by atoms with E-state index in [0.29, 0.717) is 6.54 Å². The summed E-state index contributed by atoms with van der Waals surface area (Å²) < 4.78 is 6.95. The summed E-state index contributed by atoms with van der Waals surface area (Å²) in [4.78, 5) is 25.8. The smallest absolute Gasteiger partial charge is 0.331 e. The predicted octanol–water partition coefficient (Wildman–Crippen LogP) is 3.70. The number of aromatic nitrogens is 2. The lowest BCUT2D eigenvalue weighted by Crippen LogP contribution is -2.30. The second kappa shape index (κ2) is 9.69. The van der Waals surface area contributed by atoms with Crippen LogP contribution in [0.4, 0.5) is 0 Å². The van der Waals surface area contributed by atoms with Crippen molar-refractivity contribution in [1.82, 2.24) is 14.7 Å². The summed E-state index contributed by atoms with van der Waals surface area (Å²) in [5.74, 6) is -0.826. The monoisotopic (exact) mass is 403 g/mol. The lowest BCUT2D eigenvalue weighted by atomic mass is 10.2. The molecule has 154 valence electrons. The normalized spacial score (nSPS) is 10.9. The highest BCUT2D eigenvalue weighted by Crippen LogP contribution is 2.19. The molecule has 0 atom stereocenters. The average molecular weight is 403 g/mol. The first kappa shape index (κ1) is 21.0. The van der Waals surface area contributed by atoms with Crippen LogP contribution in [0, 0.1) is 13.8 Å². The van der Waals surface area contributed by atoms with Gasteiger partial charge in [0.1, 0.15) is 0 Å². The fraction of sp³-hybridized carbons (Fsp3) is 0.208. The van der Waals surface area contributed by atoms with Crippen LogP contribution in [0.3, 0.4) is 0 Å². The van der Waals surface area contributed by atoms with E-state index in [0.717, 1.165) is 28.2 Å². The Labute approximate surface area is 176 Å². The maximum absolute atomic E-state index is 12.2. The highest BCUT2D eigenvalue weighted by Gasteiger charge is 2.13. The van der Waals surface area contributed by atoms with Crippen LogP contribution in [-0.4, -0.2) is 40.2 Å². The van der Waals surface area contributed by atoms with Crippen LogP contribution in [0.25, 0.3) is 11.8 Å². The number of aryl methyl sites for hydroxylation is 1. The van der Waals surface area contributed by atoms with E-state index in [4.69, 9.17) is 4.74 Å². The van der Waals surface area contributed by atoms with Crippen LogP contribution in [0.5, 0.6) is 0 Å². The summed E-state index contributed by atoms with van der Waals surface area (Å²) in [7, 11) is 1.68. The zero-order valence-electron chi connectivity index (χ0n) is 17.4. The number of para-hydroxylation sites is 1. The first-order valence-corrected chi connectivity index (χ1v) is 9.70. The summed E-state index contributed by atoms with van der Waals surface area (Å²) in [6.45, 7) is 4.00. The maximum atomic E-state index is 12.2. The molecule has 0 aliphatic heterocycles. The minimum atomic E-state index is -0.567. The van der Waals surface area contributed by atoms with Crippen LogP contribution in [0.15, 0.2) is 66.7 Å². The van der Waals surface area contributed by atoms with Crippen LogP contribution >= 0.6 is 0 Å². The lowest BCUT2D eigenvalue weighted by Gasteiger charge is -2.16. The number of ether oxygens (including phenoxy) is 1. The number of rotatable bonds is 7. The molecule has 0 radical (unpaired) electrons. The second-order valence-corrected chi connectivity index (χ2v) is 7.01. The second-order valence-electron chi connectivity index (χ2n) is 7.01. The van der Waals surface area contributed by atoms with Gasteiger partial charge in [-0.15, -0.1) is 0 Å². The molecule has 6 nitrogen and oxygen atoms in total. The van der Waals surface area contributed by atoms with Crippen LogP contribution in [0.1, 0.15) is 22.5 Å². The van der Waals surface area contributed by atoms with Crippen molar-refractivity contribution in [3.05, 3.63) is 89.3 Å². The third kappa shape index (κ3) is 5.23. The van der Waals surface area contributed by atoms with Gasteiger partial charge in [-0.1, -0.05) is 48.5 Å². The van der Waals surface area contributed by atoms with Gasteiger partial charge in [-0.05, 0) is 37.6 Å². The molecular weight excluding hydrogens is 378 g/mol. The van der Waals surface area contributed by atoms with Crippen molar-refractivity contribution in [2.24, 2.45) is 0 Å². The topological polar surface area (TPSA) is 64.4 Å². The summed E-state index contributed by atoms with van der Waals surface area (Å²) in [6.07, 6.45) is 3.01. The Morgan fingerprint density at radius 2 is 1.67 bits per heavy atom. The highest BCUT2D eigenvalue weighted by molar-refractivity contribution is 5.89. The van der Waals surface area contributed by atoms with Gasteiger partial charge >= 0.3 is 5.97 Å². The van der Waals surface area contributed by atoms with Gasteiger partial charge in [0, 0.05) is 30.9 Å². The molecule has 0 bridgehead atoms. The molecule has 0 spiro atoms. The average Bonchev–Trinajstić information content (AvgIpc) is 3.05. The summed E-state index contributed by atoms with van der Waals surface area (Å²) >= 11 is 0. The molecule has 6 heteroatoms. The molecule has 0 N–H and O–H groups in total. The van der Waals surface area contributed by atoms with Crippen molar-refractivity contribution in [2.45, 2.75) is 20.4 Å². The standard InChI is InChI=1S/C24H25N3O3/c1-18-22(19(2)27(25-18)21-12-8-5-9-13-21)14-15-24(29)30-17-23(28)26(3)16-20-10-6-4-7-11-20/h4-15H,16-17H2,1-3H3/b15-14+. The first-order valence-electron chi connectivity index (χ1n) is 9.70. The highest BCUT2D eigenvalue weighted by atomic mass is 16.5. The quantitative estimate of drug-likeness (QED) is 0.446. The zero-order chi connectivity index (χ0) is 21.5. The molecule has 0 saturated carbocycles. The van der Waals surface area contributed by atoms with Gasteiger partial charge in [0.05, 0.1) is 11.4 Å². The molecule has 1 heterocycles. The number of carbonyl (C=O) groups is 2. The van der Waals surface area contributed by atoms with Crippen LogP contribution in [-0.2, 0) is 20.9 Å². The number of carbonyl (C=O) groups excluding carboxylic acids is 2. The molecule has 0 aliphatic rings. The van der Waals surface area contributed by atoms with Crippen molar-refractivity contribution >= 4 is 18.0 Å². The van der Waals surface area contributed by atoms with E-state index < -0.39 is 5.97 Å². The number of hydrogen-bond acceptors (Lipinski definition) is 4. The summed E-state index contributed by atoms with van der Waals surface area (Å²) in [6, 6.07) is 19.4. The van der Waals surface area contributed by atoms with E-state index in [-0.39, 0.29) is 12.5 Å². The van der Waals surface area contributed by atoms with Crippen molar-refractivity contribution in [2.75, 3.05) is 13.7 Å². The molecule has 0 fully saturated rings. The molecule has 3 aromatic rings. The molecule has 1 aromatic heterocycles. The first-order chi connectivity index (χ1) is 14.5. The summed E-state index contributed by atoms with van der Waals surface area (Å²) in [5.41, 5.74) is 4.54. The van der Waals surface area contributed by atoms with E-state index in [1.165, 1.54) is 11.0 Å². The lowest BCUT2D eigenvalue weighted by molar-refractivity contribution is -0.147. The van der Waals surface area contributed by atoms with Gasteiger partial charge in [-0.25, -0.2) is 9.48 Å². The van der Waals surface area contributed by atoms with Crippen molar-refractivity contribution in [3.63, 3.8) is 0 Å². The molecule has 1 amide bonds. The Kier molecular flexibility index (Phi) is 6.80. The predicted molar refractivity (Wildman–Crippen MR) is 116 cm³/mol. The Bertz CT molecular complexity index is 1040. The number of esters is 1. The van der Waals surface area contributed by atoms with E-state index in [1.807, 2.05) is 79.2 Å². The molecule has 30 heavy (non-hydrogen) atoms. The molecule has 3 rings (SSSR count). The number of likely N-dealkylation sites (N-methyl/N-ethyl adjacent to an activating group) is 1. The third-order valence-corrected chi connectivity index (χ3v) is 4.76. The van der Waals surface area contributed by atoms with Crippen LogP contribution < -0.4 is 0 Å². The van der Waals surface area contributed by atoms with Gasteiger partial charge in [-0.2, -0.15) is 5.10 Å². The van der Waals surface area contributed by atoms with E-state index in [9.17, 15) is 9.59 Å². The number of benzene rings is 2. The maximum Gasteiger partial charge on any atom is 0.331 e. The van der Waals surface area contributed by atoms with Crippen molar-refractivity contribution in [3.8, 4) is 5.69 Å². The van der Waals surface area contributed by atoms with Crippen molar-refractivity contribution < 1.29 is 14.3 Å². The Morgan fingerprint density at radius 3 is 2.33 bits per heavy atom. The number of amides is 1. The largest absolute Gasteiger partial charge is 0.452 e. The van der Waals surface area contributed by atoms with Crippen molar-refractivity contribution in [1.29, 1.82) is 0 Å². The van der Waals surface area contributed by atoms with Gasteiger partial charge in [-0.3, -0.25) is 4.79 Å². The fourth-order valence-corrected chi connectivity index (χ4v) is 3.10. The SMILES string of the molecule is Cc1nn(-c2ccccc2)c(C)c1/C=C/C(=O)OCC(=O)N(C)Cc1ccccc1. The fourth-order valence-electron chi connectivity index (χ4n) is 3.10. The molecular formula is C24H25N3O3. The van der Waals surface area contributed by atoms with E-state index in [1.54, 1.807) is 13.1 Å². The zero-order valence-corrected chi connectivity index (χ0v) is 17.4. The van der Waals surface area contributed by atoms with E-state index in [2.05, 4.69) is 5.10 Å². The van der Waals surface area contributed by atoms with Gasteiger partial charge in [0.25, 0.3) is 5.91 Å². The minimum Gasteiger partial charge on any atom is -0.452 e.